The first-order chi connectivity index (χ1) is 46.7. The summed E-state index contributed by atoms with van der Waals surface area (Å²) in [5, 5.41) is 10.6. The summed E-state index contributed by atoms with van der Waals surface area (Å²) in [5.74, 6) is 0.125. The van der Waals surface area contributed by atoms with E-state index in [1.165, 1.54) is 205 Å². The summed E-state index contributed by atoms with van der Waals surface area (Å²) >= 11 is 0. The van der Waals surface area contributed by atoms with E-state index in [-0.39, 0.29) is 25.7 Å². The molecule has 5 atom stereocenters. The number of ether oxygens (including phenoxy) is 4. The third-order valence-corrected chi connectivity index (χ3v) is 20.0. The van der Waals surface area contributed by atoms with Crippen LogP contribution in [0.4, 0.5) is 0 Å². The van der Waals surface area contributed by atoms with E-state index in [0.717, 1.165) is 108 Å². The number of phosphoric ester groups is 2. The van der Waals surface area contributed by atoms with Crippen LogP contribution in [0.1, 0.15) is 402 Å². The highest BCUT2D eigenvalue weighted by atomic mass is 31.2. The van der Waals surface area contributed by atoms with E-state index >= 15 is 0 Å². The molecule has 0 radical (unpaired) electrons. The average molecular weight is 1420 g/mol. The third-order valence-electron chi connectivity index (χ3n) is 18.1. The van der Waals surface area contributed by atoms with Gasteiger partial charge in [0, 0.05) is 25.7 Å². The predicted molar refractivity (Wildman–Crippen MR) is 395 cm³/mol. The van der Waals surface area contributed by atoms with E-state index in [9.17, 15) is 43.2 Å². The Kier molecular flexibility index (Phi) is 67.1. The largest absolute Gasteiger partial charge is 0.472 e. The summed E-state index contributed by atoms with van der Waals surface area (Å²) in [6, 6.07) is 0. The molecule has 0 aromatic heterocycles. The molecule has 19 heteroatoms. The van der Waals surface area contributed by atoms with E-state index in [2.05, 4.69) is 48.5 Å². The van der Waals surface area contributed by atoms with Gasteiger partial charge in [-0.3, -0.25) is 37.3 Å². The molecule has 0 fully saturated rings. The SMILES string of the molecule is CCCCCCCCCCCCCCCCCCCCCC(=O)O[C@H](COC(=O)CCCCCCCCCCCCCC(C)C)COP(=O)(O)OC[C@@H](O)COP(=O)(O)OC[C@@H](COC(=O)CCCCCCCCCC(C)C)OC(=O)CCCCCCCCCCCCCC(C)C. The fraction of sp³-hybridized carbons (Fsp3) is 0.949. The summed E-state index contributed by atoms with van der Waals surface area (Å²) in [6.07, 6.45) is 55.6. The van der Waals surface area contributed by atoms with Crippen molar-refractivity contribution >= 4 is 39.5 Å². The Balaban J connectivity index is 5.24. The second-order valence-electron chi connectivity index (χ2n) is 29.5. The minimum absolute atomic E-state index is 0.106. The van der Waals surface area contributed by atoms with Crippen LogP contribution in [0.3, 0.4) is 0 Å². The summed E-state index contributed by atoms with van der Waals surface area (Å²) in [4.78, 5) is 72.9. The van der Waals surface area contributed by atoms with Gasteiger partial charge in [0.05, 0.1) is 26.4 Å². The van der Waals surface area contributed by atoms with Crippen LogP contribution < -0.4 is 0 Å². The molecular formula is C78H152O17P2. The molecule has 0 spiro atoms. The lowest BCUT2D eigenvalue weighted by atomic mass is 10.0. The lowest BCUT2D eigenvalue weighted by molar-refractivity contribution is -0.161. The second kappa shape index (κ2) is 68.5. The Morgan fingerprint density at radius 3 is 0.701 bits per heavy atom. The van der Waals surface area contributed by atoms with Crippen molar-refractivity contribution in [3.8, 4) is 0 Å². The maximum absolute atomic E-state index is 13.1. The average Bonchev–Trinajstić information content (AvgIpc) is 2.72. The predicted octanol–water partition coefficient (Wildman–Crippen LogP) is 23.0. The molecule has 0 aliphatic heterocycles. The first kappa shape index (κ1) is 95.1. The van der Waals surface area contributed by atoms with Crippen LogP contribution in [0.15, 0.2) is 0 Å². The number of aliphatic hydroxyl groups is 1. The molecule has 0 saturated heterocycles. The fourth-order valence-electron chi connectivity index (χ4n) is 12.0. The van der Waals surface area contributed by atoms with Crippen molar-refractivity contribution in [2.75, 3.05) is 39.6 Å². The van der Waals surface area contributed by atoms with Gasteiger partial charge in [-0.25, -0.2) is 9.13 Å². The monoisotopic (exact) mass is 1420 g/mol. The Morgan fingerprint density at radius 1 is 0.278 bits per heavy atom. The molecule has 0 aromatic rings. The standard InChI is InChI=1S/C78H152O17P2/c1-8-9-10-11-12-13-14-15-16-17-18-19-20-21-26-32-39-47-54-61-77(82)94-73(65-88-75(80)59-52-45-38-31-27-22-24-29-35-42-49-56-69(2)3)67-92-96(84,85)90-63-72(79)64-91-97(86,87)93-68-74(66-89-76(81)60-53-46-41-34-37-44-51-58-71(6)7)95-78(83)62-55-48-40-33-28-23-25-30-36-43-50-57-70(4)5/h69-74,79H,8-68H2,1-7H3,(H,84,85)(H,86,87)/t72-,73-,74-/m1/s1. The molecule has 576 valence electrons. The molecule has 17 nitrogen and oxygen atoms in total. The summed E-state index contributed by atoms with van der Waals surface area (Å²) in [5.41, 5.74) is 0. The van der Waals surface area contributed by atoms with Gasteiger partial charge >= 0.3 is 39.5 Å². The minimum Gasteiger partial charge on any atom is -0.462 e. The van der Waals surface area contributed by atoms with Crippen LogP contribution in [0.5, 0.6) is 0 Å². The second-order valence-corrected chi connectivity index (χ2v) is 32.4. The molecule has 0 rings (SSSR count). The van der Waals surface area contributed by atoms with Crippen LogP contribution in [0.25, 0.3) is 0 Å². The van der Waals surface area contributed by atoms with Crippen LogP contribution in [-0.2, 0) is 65.4 Å². The highest BCUT2D eigenvalue weighted by molar-refractivity contribution is 7.47. The van der Waals surface area contributed by atoms with Gasteiger partial charge in [0.1, 0.15) is 19.3 Å². The van der Waals surface area contributed by atoms with Crippen molar-refractivity contribution in [2.24, 2.45) is 17.8 Å². The molecule has 0 bridgehead atoms. The molecular weight excluding hydrogens is 1270 g/mol. The normalized spacial score (nSPS) is 14.0. The summed E-state index contributed by atoms with van der Waals surface area (Å²) < 4.78 is 68.6. The van der Waals surface area contributed by atoms with Crippen molar-refractivity contribution < 1.29 is 80.2 Å². The lowest BCUT2D eigenvalue weighted by Crippen LogP contribution is -2.30. The highest BCUT2D eigenvalue weighted by Crippen LogP contribution is 2.45. The molecule has 0 aromatic carbocycles. The van der Waals surface area contributed by atoms with Gasteiger partial charge in [0.25, 0.3) is 0 Å². The Labute approximate surface area is 594 Å². The quantitative estimate of drug-likeness (QED) is 0.0222. The van der Waals surface area contributed by atoms with Crippen LogP contribution >= 0.6 is 15.6 Å². The number of hydrogen-bond acceptors (Lipinski definition) is 15. The van der Waals surface area contributed by atoms with Crippen LogP contribution in [-0.4, -0.2) is 96.7 Å². The number of rotatable bonds is 76. The lowest BCUT2D eigenvalue weighted by Gasteiger charge is -2.21. The number of unbranched alkanes of at least 4 members (excludes halogenated alkanes) is 44. The zero-order valence-corrected chi connectivity index (χ0v) is 65.3. The molecule has 0 aliphatic rings. The van der Waals surface area contributed by atoms with Gasteiger partial charge in [-0.05, 0) is 43.4 Å². The molecule has 0 saturated carbocycles. The van der Waals surface area contributed by atoms with E-state index in [1.54, 1.807) is 0 Å². The van der Waals surface area contributed by atoms with Crippen LogP contribution in [0, 0.1) is 17.8 Å². The molecule has 2 unspecified atom stereocenters. The maximum Gasteiger partial charge on any atom is 0.472 e. The smallest absolute Gasteiger partial charge is 0.462 e. The van der Waals surface area contributed by atoms with Gasteiger partial charge < -0.3 is 33.8 Å². The summed E-state index contributed by atoms with van der Waals surface area (Å²) in [6.45, 7) is 11.9. The maximum atomic E-state index is 13.1. The number of carbonyl (C=O) groups excluding carboxylic acids is 4. The van der Waals surface area contributed by atoms with Gasteiger partial charge in [-0.1, -0.05) is 350 Å². The number of phosphoric acid groups is 2. The van der Waals surface area contributed by atoms with Crippen molar-refractivity contribution in [1.82, 2.24) is 0 Å². The topological polar surface area (TPSA) is 237 Å². The Hall–Kier alpha value is -1.94. The van der Waals surface area contributed by atoms with E-state index in [4.69, 9.17) is 37.0 Å². The molecule has 0 heterocycles. The number of aliphatic hydroxyl groups excluding tert-OH is 1. The molecule has 0 aliphatic carbocycles. The number of esters is 4. The minimum atomic E-state index is -4.96. The Morgan fingerprint density at radius 2 is 0.474 bits per heavy atom. The number of carbonyl (C=O) groups is 4. The highest BCUT2D eigenvalue weighted by Gasteiger charge is 2.30. The van der Waals surface area contributed by atoms with E-state index in [0.29, 0.717) is 31.6 Å². The third kappa shape index (κ3) is 72.2. The van der Waals surface area contributed by atoms with Crippen molar-refractivity contribution in [1.29, 1.82) is 0 Å². The van der Waals surface area contributed by atoms with Crippen molar-refractivity contribution in [2.45, 2.75) is 420 Å². The first-order valence-electron chi connectivity index (χ1n) is 40.3. The van der Waals surface area contributed by atoms with Gasteiger partial charge in [0.15, 0.2) is 12.2 Å². The van der Waals surface area contributed by atoms with E-state index in [1.807, 2.05) is 0 Å². The van der Waals surface area contributed by atoms with Gasteiger partial charge in [-0.15, -0.1) is 0 Å². The molecule has 97 heavy (non-hydrogen) atoms. The number of hydrogen-bond donors (Lipinski definition) is 3. The summed E-state index contributed by atoms with van der Waals surface area (Å²) in [7, 11) is -9.92. The zero-order chi connectivity index (χ0) is 71.6. The van der Waals surface area contributed by atoms with Crippen LogP contribution in [0.2, 0.25) is 0 Å². The zero-order valence-electron chi connectivity index (χ0n) is 63.5. The molecule has 3 N–H and O–H groups in total. The first-order valence-corrected chi connectivity index (χ1v) is 43.3. The fourth-order valence-corrected chi connectivity index (χ4v) is 13.5. The Bertz CT molecular complexity index is 1890. The van der Waals surface area contributed by atoms with Gasteiger partial charge in [0.2, 0.25) is 0 Å². The van der Waals surface area contributed by atoms with Crippen molar-refractivity contribution in [3.63, 3.8) is 0 Å². The molecule has 0 amide bonds. The van der Waals surface area contributed by atoms with E-state index < -0.39 is 97.5 Å². The van der Waals surface area contributed by atoms with Gasteiger partial charge in [-0.2, -0.15) is 0 Å². The van der Waals surface area contributed by atoms with Crippen molar-refractivity contribution in [3.05, 3.63) is 0 Å².